The second-order valence-electron chi connectivity index (χ2n) is 6.39. The number of aromatic nitrogens is 2. The highest BCUT2D eigenvalue weighted by Gasteiger charge is 2.34. The zero-order valence-corrected chi connectivity index (χ0v) is 13.2. The third-order valence-electron chi connectivity index (χ3n) is 3.95. The highest BCUT2D eigenvalue weighted by atomic mass is 16.5. The van der Waals surface area contributed by atoms with Gasteiger partial charge < -0.3 is 10.1 Å². The molecule has 0 radical (unpaired) electrons. The lowest BCUT2D eigenvalue weighted by molar-refractivity contribution is 0.0948. The largest absolute Gasteiger partial charge is 0.492 e. The lowest BCUT2D eigenvalue weighted by atomic mass is 9.86. The molecule has 0 spiro atoms. The van der Waals surface area contributed by atoms with E-state index in [1.807, 2.05) is 42.2 Å². The number of ether oxygens (including phenoxy) is 1. The number of benzene rings is 1. The van der Waals surface area contributed by atoms with Gasteiger partial charge in [-0.3, -0.25) is 9.48 Å². The van der Waals surface area contributed by atoms with E-state index in [2.05, 4.69) is 24.3 Å². The summed E-state index contributed by atoms with van der Waals surface area (Å²) in [7, 11) is 0. The van der Waals surface area contributed by atoms with Crippen LogP contribution in [0.4, 0.5) is 0 Å². The third-order valence-corrected chi connectivity index (χ3v) is 3.95. The molecule has 5 heteroatoms. The fraction of sp³-hybridized carbons (Fsp3) is 0.412. The highest BCUT2D eigenvalue weighted by molar-refractivity contribution is 5.97. The van der Waals surface area contributed by atoms with Crippen LogP contribution in [0.5, 0.6) is 5.75 Å². The monoisotopic (exact) mass is 299 g/mol. The zero-order valence-electron chi connectivity index (χ0n) is 13.2. The molecule has 1 aliphatic rings. The Morgan fingerprint density at radius 1 is 1.45 bits per heavy atom. The predicted octanol–water partition coefficient (Wildman–Crippen LogP) is 2.29. The summed E-state index contributed by atoms with van der Waals surface area (Å²) in [5.74, 6) is 0.623. The Labute approximate surface area is 130 Å². The Balaban J connectivity index is 1.67. The maximum absolute atomic E-state index is 12.4. The summed E-state index contributed by atoms with van der Waals surface area (Å²) in [4.78, 5) is 12.4. The van der Waals surface area contributed by atoms with Crippen LogP contribution in [0, 0.1) is 6.92 Å². The van der Waals surface area contributed by atoms with E-state index < -0.39 is 0 Å². The van der Waals surface area contributed by atoms with E-state index in [1.54, 1.807) is 0 Å². The minimum Gasteiger partial charge on any atom is -0.492 e. The molecule has 1 aromatic heterocycles. The van der Waals surface area contributed by atoms with E-state index in [4.69, 9.17) is 4.74 Å². The van der Waals surface area contributed by atoms with Crippen LogP contribution in [0.25, 0.3) is 0 Å². The molecule has 0 saturated carbocycles. The molecule has 3 rings (SSSR count). The van der Waals surface area contributed by atoms with Crippen LogP contribution in [0.15, 0.2) is 30.6 Å². The SMILES string of the molecule is Cc1cnn(CCNC(=O)c2cccc3c2OCC3(C)C)c1. The summed E-state index contributed by atoms with van der Waals surface area (Å²) in [6.45, 7) is 8.04. The van der Waals surface area contributed by atoms with Crippen molar-refractivity contribution < 1.29 is 9.53 Å². The Hall–Kier alpha value is -2.30. The number of hydrogen-bond donors (Lipinski definition) is 1. The van der Waals surface area contributed by atoms with Gasteiger partial charge in [-0.25, -0.2) is 0 Å². The van der Waals surface area contributed by atoms with Gasteiger partial charge in [-0.15, -0.1) is 0 Å². The molecule has 0 bridgehead atoms. The minimum atomic E-state index is -0.0987. The molecule has 0 aliphatic carbocycles. The minimum absolute atomic E-state index is 0.0434. The van der Waals surface area contributed by atoms with Gasteiger partial charge in [0.25, 0.3) is 5.91 Å². The van der Waals surface area contributed by atoms with Crippen LogP contribution in [0.3, 0.4) is 0 Å². The van der Waals surface area contributed by atoms with Crippen molar-refractivity contribution in [2.45, 2.75) is 32.7 Å². The van der Waals surface area contributed by atoms with Gasteiger partial charge in [-0.1, -0.05) is 26.0 Å². The average Bonchev–Trinajstić information content (AvgIpc) is 3.03. The van der Waals surface area contributed by atoms with Crippen molar-refractivity contribution in [1.29, 1.82) is 0 Å². The lowest BCUT2D eigenvalue weighted by Crippen LogP contribution is -2.27. The molecule has 22 heavy (non-hydrogen) atoms. The molecule has 0 unspecified atom stereocenters. The quantitative estimate of drug-likeness (QED) is 0.942. The Morgan fingerprint density at radius 2 is 2.27 bits per heavy atom. The van der Waals surface area contributed by atoms with Crippen molar-refractivity contribution in [3.8, 4) is 5.75 Å². The van der Waals surface area contributed by atoms with Gasteiger partial charge in [-0.05, 0) is 18.6 Å². The molecule has 0 atom stereocenters. The topological polar surface area (TPSA) is 56.2 Å². The van der Waals surface area contributed by atoms with Crippen LogP contribution >= 0.6 is 0 Å². The summed E-state index contributed by atoms with van der Waals surface area (Å²) in [5, 5.41) is 7.14. The van der Waals surface area contributed by atoms with Crippen molar-refractivity contribution in [2.75, 3.05) is 13.2 Å². The maximum Gasteiger partial charge on any atom is 0.255 e. The van der Waals surface area contributed by atoms with Crippen LogP contribution in [-0.4, -0.2) is 28.8 Å². The van der Waals surface area contributed by atoms with Crippen LogP contribution in [-0.2, 0) is 12.0 Å². The number of rotatable bonds is 4. The molecule has 0 fully saturated rings. The normalized spacial score (nSPS) is 15.2. The number of carbonyl (C=O) groups is 1. The van der Waals surface area contributed by atoms with Gasteiger partial charge in [0.05, 0.1) is 24.9 Å². The smallest absolute Gasteiger partial charge is 0.255 e. The number of aryl methyl sites for hydroxylation is 1. The van der Waals surface area contributed by atoms with E-state index in [9.17, 15) is 4.79 Å². The molecular formula is C17H21N3O2. The molecule has 2 heterocycles. The standard InChI is InChI=1S/C17H21N3O2/c1-12-9-19-20(10-12)8-7-18-16(21)13-5-4-6-14-15(13)22-11-17(14,2)3/h4-6,9-10H,7-8,11H2,1-3H3,(H,18,21). The van der Waals surface area contributed by atoms with Crippen LogP contribution < -0.4 is 10.1 Å². The van der Waals surface area contributed by atoms with E-state index in [0.29, 0.717) is 25.3 Å². The van der Waals surface area contributed by atoms with Crippen molar-refractivity contribution >= 4 is 5.91 Å². The Bertz CT molecular complexity index is 704. The van der Waals surface area contributed by atoms with Crippen molar-refractivity contribution in [3.05, 3.63) is 47.3 Å². The Kier molecular flexibility index (Phi) is 3.64. The fourth-order valence-electron chi connectivity index (χ4n) is 2.70. The number of carbonyl (C=O) groups excluding carboxylic acids is 1. The molecule has 1 N–H and O–H groups in total. The molecule has 116 valence electrons. The molecular weight excluding hydrogens is 278 g/mol. The second kappa shape index (κ2) is 5.48. The van der Waals surface area contributed by atoms with Gasteiger partial charge in [0, 0.05) is 23.7 Å². The van der Waals surface area contributed by atoms with E-state index in [1.165, 1.54) is 0 Å². The summed E-state index contributed by atoms with van der Waals surface area (Å²) in [5.41, 5.74) is 2.78. The first-order chi connectivity index (χ1) is 10.5. The average molecular weight is 299 g/mol. The van der Waals surface area contributed by atoms with Gasteiger partial charge in [-0.2, -0.15) is 5.10 Å². The fourth-order valence-corrected chi connectivity index (χ4v) is 2.70. The van der Waals surface area contributed by atoms with Crippen LogP contribution in [0.1, 0.15) is 35.3 Å². The summed E-state index contributed by atoms with van der Waals surface area (Å²) < 4.78 is 7.58. The molecule has 1 aliphatic heterocycles. The molecule has 1 aromatic carbocycles. The number of para-hydroxylation sites is 1. The molecule has 2 aromatic rings. The first-order valence-corrected chi connectivity index (χ1v) is 7.51. The predicted molar refractivity (Wildman–Crippen MR) is 84.3 cm³/mol. The first kappa shape index (κ1) is 14.6. The first-order valence-electron chi connectivity index (χ1n) is 7.51. The summed E-state index contributed by atoms with van der Waals surface area (Å²) in [6.07, 6.45) is 3.76. The third kappa shape index (κ3) is 2.71. The van der Waals surface area contributed by atoms with Gasteiger partial charge in [0.15, 0.2) is 0 Å². The number of hydrogen-bond acceptors (Lipinski definition) is 3. The summed E-state index contributed by atoms with van der Waals surface area (Å²) >= 11 is 0. The van der Waals surface area contributed by atoms with Gasteiger partial charge >= 0.3 is 0 Å². The number of nitrogens with one attached hydrogen (secondary N) is 1. The number of fused-ring (bicyclic) bond motifs is 1. The second-order valence-corrected chi connectivity index (χ2v) is 6.39. The van der Waals surface area contributed by atoms with Crippen molar-refractivity contribution in [1.82, 2.24) is 15.1 Å². The zero-order chi connectivity index (χ0) is 15.7. The number of nitrogens with zero attached hydrogens (tertiary/aromatic N) is 2. The van der Waals surface area contributed by atoms with Crippen LogP contribution in [0.2, 0.25) is 0 Å². The summed E-state index contributed by atoms with van der Waals surface area (Å²) in [6, 6.07) is 5.76. The van der Waals surface area contributed by atoms with E-state index in [0.717, 1.165) is 16.9 Å². The highest BCUT2D eigenvalue weighted by Crippen LogP contribution is 2.40. The van der Waals surface area contributed by atoms with E-state index >= 15 is 0 Å². The molecule has 5 nitrogen and oxygen atoms in total. The number of amides is 1. The lowest BCUT2D eigenvalue weighted by Gasteiger charge is -2.15. The molecule has 1 amide bonds. The maximum atomic E-state index is 12.4. The van der Waals surface area contributed by atoms with E-state index in [-0.39, 0.29) is 11.3 Å². The van der Waals surface area contributed by atoms with Gasteiger partial charge in [0.1, 0.15) is 5.75 Å². The molecule has 0 saturated heterocycles. The van der Waals surface area contributed by atoms with Crippen molar-refractivity contribution in [3.63, 3.8) is 0 Å². The van der Waals surface area contributed by atoms with Crippen molar-refractivity contribution in [2.24, 2.45) is 0 Å². The van der Waals surface area contributed by atoms with Gasteiger partial charge in [0.2, 0.25) is 0 Å². The Morgan fingerprint density at radius 3 is 3.00 bits per heavy atom.